The third kappa shape index (κ3) is 7.15. The molecule has 0 heterocycles. The van der Waals surface area contributed by atoms with Crippen LogP contribution in [0.2, 0.25) is 0 Å². The monoisotopic (exact) mass is 152 g/mol. The summed E-state index contributed by atoms with van der Waals surface area (Å²) in [5, 5.41) is 8.46. The van der Waals surface area contributed by atoms with Crippen LogP contribution in [-0.4, -0.2) is 11.7 Å². The molecule has 62 valence electrons. The van der Waals surface area contributed by atoms with Crippen molar-refractivity contribution in [2.24, 2.45) is 5.92 Å². The number of allylic oxidation sites excluding steroid dienone is 1. The van der Waals surface area contributed by atoms with Crippen LogP contribution in [-0.2, 0) is 0 Å². The van der Waals surface area contributed by atoms with Crippen LogP contribution in [0, 0.1) is 17.8 Å². The van der Waals surface area contributed by atoms with Crippen molar-refractivity contribution in [1.29, 1.82) is 0 Å². The number of hydrogen-bond donors (Lipinski definition) is 1. The quantitative estimate of drug-likeness (QED) is 0.371. The predicted molar refractivity (Wildman–Crippen MR) is 48.1 cm³/mol. The summed E-state index contributed by atoms with van der Waals surface area (Å²) in [5.41, 5.74) is 0. The average molecular weight is 152 g/mol. The molecule has 0 aliphatic rings. The molecule has 0 unspecified atom stereocenters. The fraction of sp³-hybridized carbons (Fsp3) is 0.600. The van der Waals surface area contributed by atoms with Gasteiger partial charge in [-0.25, -0.2) is 0 Å². The van der Waals surface area contributed by atoms with E-state index in [-0.39, 0.29) is 6.61 Å². The van der Waals surface area contributed by atoms with Crippen LogP contribution < -0.4 is 0 Å². The zero-order valence-corrected chi connectivity index (χ0v) is 7.14. The summed E-state index contributed by atoms with van der Waals surface area (Å²) in [4.78, 5) is 0. The standard InChI is InChI=1S/C10H16O/c1-3-10(2)8-6-4-5-7-9-11/h3,10-11H,1,4-5,7,9H2,2H3/t10-/m0/s1. The van der Waals surface area contributed by atoms with E-state index in [2.05, 4.69) is 18.4 Å². The molecular formula is C10H16O. The van der Waals surface area contributed by atoms with E-state index < -0.39 is 0 Å². The summed E-state index contributed by atoms with van der Waals surface area (Å²) in [6.45, 7) is 5.93. The van der Waals surface area contributed by atoms with Gasteiger partial charge in [-0.1, -0.05) is 12.0 Å². The van der Waals surface area contributed by atoms with Gasteiger partial charge in [-0.2, -0.15) is 0 Å². The SMILES string of the molecule is C=C[C@H](C)C#CCCCCO. The summed E-state index contributed by atoms with van der Waals surface area (Å²) in [5.74, 6) is 6.38. The Hall–Kier alpha value is -0.740. The third-order valence-corrected chi connectivity index (χ3v) is 1.39. The normalized spacial score (nSPS) is 11.5. The van der Waals surface area contributed by atoms with Gasteiger partial charge in [0, 0.05) is 18.9 Å². The summed E-state index contributed by atoms with van der Waals surface area (Å²) in [6, 6.07) is 0. The van der Waals surface area contributed by atoms with E-state index in [1.54, 1.807) is 0 Å². The summed E-state index contributed by atoms with van der Waals surface area (Å²) in [6.07, 6.45) is 4.57. The van der Waals surface area contributed by atoms with Gasteiger partial charge < -0.3 is 5.11 Å². The Balaban J connectivity index is 3.32. The number of unbranched alkanes of at least 4 members (excludes halogenated alkanes) is 2. The van der Waals surface area contributed by atoms with E-state index >= 15 is 0 Å². The highest BCUT2D eigenvalue weighted by Crippen LogP contribution is 1.95. The third-order valence-electron chi connectivity index (χ3n) is 1.39. The van der Waals surface area contributed by atoms with Crippen molar-refractivity contribution >= 4 is 0 Å². The number of aliphatic hydroxyl groups excluding tert-OH is 1. The van der Waals surface area contributed by atoms with E-state index in [0.717, 1.165) is 19.3 Å². The molecule has 0 saturated heterocycles. The Morgan fingerprint density at radius 2 is 2.27 bits per heavy atom. The topological polar surface area (TPSA) is 20.2 Å². The molecule has 0 aliphatic carbocycles. The van der Waals surface area contributed by atoms with Crippen LogP contribution >= 0.6 is 0 Å². The lowest BCUT2D eigenvalue weighted by Gasteiger charge is -1.91. The largest absolute Gasteiger partial charge is 0.396 e. The summed E-state index contributed by atoms with van der Waals surface area (Å²) < 4.78 is 0. The fourth-order valence-corrected chi connectivity index (χ4v) is 0.617. The minimum absolute atomic E-state index is 0.276. The maximum atomic E-state index is 8.46. The zero-order chi connectivity index (χ0) is 8.53. The van der Waals surface area contributed by atoms with Gasteiger partial charge in [0.1, 0.15) is 0 Å². The van der Waals surface area contributed by atoms with E-state index in [1.165, 1.54) is 0 Å². The highest BCUT2D eigenvalue weighted by atomic mass is 16.2. The van der Waals surface area contributed by atoms with Gasteiger partial charge in [0.05, 0.1) is 0 Å². The Kier molecular flexibility index (Phi) is 6.87. The lowest BCUT2D eigenvalue weighted by Crippen LogP contribution is -1.83. The second-order valence-corrected chi connectivity index (χ2v) is 2.53. The number of aliphatic hydroxyl groups is 1. The predicted octanol–water partition coefficient (Wildman–Crippen LogP) is 1.97. The maximum Gasteiger partial charge on any atom is 0.0431 e. The van der Waals surface area contributed by atoms with Crippen LogP contribution in [0.25, 0.3) is 0 Å². The molecule has 0 rings (SSSR count). The Bertz CT molecular complexity index is 150. The van der Waals surface area contributed by atoms with Crippen LogP contribution in [0.15, 0.2) is 12.7 Å². The van der Waals surface area contributed by atoms with Crippen LogP contribution in [0.5, 0.6) is 0 Å². The lowest BCUT2D eigenvalue weighted by molar-refractivity contribution is 0.285. The van der Waals surface area contributed by atoms with E-state index in [1.807, 2.05) is 13.0 Å². The molecule has 0 aromatic carbocycles. The van der Waals surface area contributed by atoms with Gasteiger partial charge in [-0.15, -0.1) is 12.5 Å². The molecule has 0 radical (unpaired) electrons. The Labute approximate surface area is 69.1 Å². The van der Waals surface area contributed by atoms with Gasteiger partial charge in [-0.3, -0.25) is 0 Å². The van der Waals surface area contributed by atoms with Gasteiger partial charge in [0.2, 0.25) is 0 Å². The molecule has 0 amide bonds. The van der Waals surface area contributed by atoms with Crippen molar-refractivity contribution in [3.05, 3.63) is 12.7 Å². The van der Waals surface area contributed by atoms with Crippen LogP contribution in [0.1, 0.15) is 26.2 Å². The highest BCUT2D eigenvalue weighted by Gasteiger charge is 1.85. The second-order valence-electron chi connectivity index (χ2n) is 2.53. The molecule has 0 saturated carbocycles. The van der Waals surface area contributed by atoms with Crippen molar-refractivity contribution in [2.45, 2.75) is 26.2 Å². The van der Waals surface area contributed by atoms with E-state index in [0.29, 0.717) is 5.92 Å². The minimum atomic E-state index is 0.276. The molecular weight excluding hydrogens is 136 g/mol. The molecule has 0 aliphatic heterocycles. The van der Waals surface area contributed by atoms with Gasteiger partial charge in [-0.05, 0) is 19.8 Å². The smallest absolute Gasteiger partial charge is 0.0431 e. The molecule has 1 atom stereocenters. The van der Waals surface area contributed by atoms with Gasteiger partial charge >= 0.3 is 0 Å². The fourth-order valence-electron chi connectivity index (χ4n) is 0.617. The molecule has 0 bridgehead atoms. The van der Waals surface area contributed by atoms with Crippen molar-refractivity contribution in [1.82, 2.24) is 0 Å². The van der Waals surface area contributed by atoms with Crippen LogP contribution in [0.3, 0.4) is 0 Å². The summed E-state index contributed by atoms with van der Waals surface area (Å²) >= 11 is 0. The maximum absolute atomic E-state index is 8.46. The van der Waals surface area contributed by atoms with E-state index in [9.17, 15) is 0 Å². The Morgan fingerprint density at radius 1 is 1.55 bits per heavy atom. The molecule has 0 aromatic heterocycles. The van der Waals surface area contributed by atoms with Crippen molar-refractivity contribution in [3.63, 3.8) is 0 Å². The molecule has 11 heavy (non-hydrogen) atoms. The molecule has 0 fully saturated rings. The van der Waals surface area contributed by atoms with Gasteiger partial charge in [0.25, 0.3) is 0 Å². The zero-order valence-electron chi connectivity index (χ0n) is 7.14. The minimum Gasteiger partial charge on any atom is -0.396 e. The lowest BCUT2D eigenvalue weighted by atomic mass is 10.2. The van der Waals surface area contributed by atoms with Crippen molar-refractivity contribution in [3.8, 4) is 11.8 Å². The van der Waals surface area contributed by atoms with Crippen molar-refractivity contribution < 1.29 is 5.11 Å². The first-order chi connectivity index (χ1) is 5.31. The van der Waals surface area contributed by atoms with Crippen molar-refractivity contribution in [2.75, 3.05) is 6.61 Å². The molecule has 1 nitrogen and oxygen atoms in total. The second kappa shape index (κ2) is 7.37. The highest BCUT2D eigenvalue weighted by molar-refractivity contribution is 5.07. The molecule has 1 N–H and O–H groups in total. The molecule has 0 spiro atoms. The first kappa shape index (κ1) is 10.3. The van der Waals surface area contributed by atoms with E-state index in [4.69, 9.17) is 5.11 Å². The number of hydrogen-bond acceptors (Lipinski definition) is 1. The average Bonchev–Trinajstić information content (AvgIpc) is 2.04. The number of rotatable bonds is 4. The summed E-state index contributed by atoms with van der Waals surface area (Å²) in [7, 11) is 0. The first-order valence-corrected chi connectivity index (χ1v) is 4.03. The Morgan fingerprint density at radius 3 is 2.82 bits per heavy atom. The first-order valence-electron chi connectivity index (χ1n) is 4.03. The van der Waals surface area contributed by atoms with Gasteiger partial charge in [0.15, 0.2) is 0 Å². The molecule has 0 aromatic rings. The molecule has 1 heteroatoms. The van der Waals surface area contributed by atoms with Crippen LogP contribution in [0.4, 0.5) is 0 Å².